The second kappa shape index (κ2) is 6.17. The monoisotopic (exact) mass is 300 g/mol. The molecule has 0 unspecified atom stereocenters. The number of aromatic amines is 2. The molecule has 116 valence electrons. The SMILES string of the molecule is CC[C@@H]1CN(C(=O)c2n[nH]c(=O)[nH]2)CC[C@@H]1c1ccccc1. The molecule has 1 aromatic carbocycles. The summed E-state index contributed by atoms with van der Waals surface area (Å²) >= 11 is 0. The van der Waals surface area contributed by atoms with Crippen LogP contribution in [0.15, 0.2) is 35.1 Å². The average molecular weight is 300 g/mol. The van der Waals surface area contributed by atoms with Gasteiger partial charge in [0, 0.05) is 13.1 Å². The highest BCUT2D eigenvalue weighted by Gasteiger charge is 2.32. The third-order valence-electron chi connectivity index (χ3n) is 4.48. The number of likely N-dealkylation sites (tertiary alicyclic amines) is 1. The molecule has 2 heterocycles. The van der Waals surface area contributed by atoms with Crippen molar-refractivity contribution in [3.63, 3.8) is 0 Å². The van der Waals surface area contributed by atoms with E-state index in [0.717, 1.165) is 12.8 Å². The molecule has 0 radical (unpaired) electrons. The third kappa shape index (κ3) is 2.81. The van der Waals surface area contributed by atoms with Gasteiger partial charge in [0.05, 0.1) is 0 Å². The van der Waals surface area contributed by atoms with Crippen molar-refractivity contribution in [1.82, 2.24) is 20.1 Å². The van der Waals surface area contributed by atoms with Crippen molar-refractivity contribution in [2.75, 3.05) is 13.1 Å². The minimum Gasteiger partial charge on any atom is -0.336 e. The Morgan fingerprint density at radius 1 is 1.36 bits per heavy atom. The predicted octanol–water partition coefficient (Wildman–Crippen LogP) is 1.75. The largest absolute Gasteiger partial charge is 0.341 e. The van der Waals surface area contributed by atoms with Gasteiger partial charge in [0.25, 0.3) is 5.91 Å². The summed E-state index contributed by atoms with van der Waals surface area (Å²) in [7, 11) is 0. The molecule has 1 aliphatic heterocycles. The maximum atomic E-state index is 12.4. The van der Waals surface area contributed by atoms with Crippen molar-refractivity contribution in [1.29, 1.82) is 0 Å². The van der Waals surface area contributed by atoms with E-state index in [1.54, 1.807) is 4.90 Å². The number of carbonyl (C=O) groups is 1. The standard InChI is InChI=1S/C16H20N4O2/c1-2-11-10-20(15(21)14-17-16(22)19-18-14)9-8-13(11)12-6-4-3-5-7-12/h3-7,11,13H,2,8-10H2,1H3,(H2,17,18,19,22)/t11-,13+/m1/s1. The van der Waals surface area contributed by atoms with Crippen LogP contribution in [0.2, 0.25) is 0 Å². The number of rotatable bonds is 3. The molecule has 3 rings (SSSR count). The molecule has 1 fully saturated rings. The fraction of sp³-hybridized carbons (Fsp3) is 0.438. The van der Waals surface area contributed by atoms with E-state index in [1.165, 1.54) is 5.56 Å². The van der Waals surface area contributed by atoms with Gasteiger partial charge in [-0.3, -0.25) is 9.78 Å². The molecule has 1 aliphatic rings. The molecule has 6 heteroatoms. The molecular formula is C16H20N4O2. The Morgan fingerprint density at radius 2 is 2.14 bits per heavy atom. The first-order valence-corrected chi connectivity index (χ1v) is 7.68. The average Bonchev–Trinajstić information content (AvgIpc) is 3.01. The summed E-state index contributed by atoms with van der Waals surface area (Å²) in [5.41, 5.74) is 0.893. The highest BCUT2D eigenvalue weighted by Crippen LogP contribution is 2.35. The first-order valence-electron chi connectivity index (χ1n) is 7.68. The van der Waals surface area contributed by atoms with E-state index in [4.69, 9.17) is 0 Å². The summed E-state index contributed by atoms with van der Waals surface area (Å²) in [6, 6.07) is 10.5. The topological polar surface area (TPSA) is 81.8 Å². The Hall–Kier alpha value is -2.37. The summed E-state index contributed by atoms with van der Waals surface area (Å²) in [5, 5.41) is 5.97. The number of H-pyrrole nitrogens is 2. The third-order valence-corrected chi connectivity index (χ3v) is 4.48. The number of hydrogen-bond acceptors (Lipinski definition) is 3. The minimum absolute atomic E-state index is 0.0954. The van der Waals surface area contributed by atoms with Crippen molar-refractivity contribution < 1.29 is 4.79 Å². The lowest BCUT2D eigenvalue weighted by atomic mass is 9.79. The van der Waals surface area contributed by atoms with Crippen LogP contribution < -0.4 is 5.69 Å². The van der Waals surface area contributed by atoms with Crippen molar-refractivity contribution in [2.45, 2.75) is 25.7 Å². The Balaban J connectivity index is 1.75. The van der Waals surface area contributed by atoms with E-state index in [9.17, 15) is 9.59 Å². The zero-order valence-electron chi connectivity index (χ0n) is 12.6. The molecule has 1 saturated heterocycles. The van der Waals surface area contributed by atoms with E-state index in [-0.39, 0.29) is 11.7 Å². The van der Waals surface area contributed by atoms with Gasteiger partial charge in [-0.2, -0.15) is 0 Å². The summed E-state index contributed by atoms with van der Waals surface area (Å²) in [6.45, 7) is 3.54. The summed E-state index contributed by atoms with van der Waals surface area (Å²) < 4.78 is 0. The van der Waals surface area contributed by atoms with E-state index in [0.29, 0.717) is 24.9 Å². The van der Waals surface area contributed by atoms with Gasteiger partial charge in [-0.15, -0.1) is 5.10 Å². The van der Waals surface area contributed by atoms with Gasteiger partial charge >= 0.3 is 5.69 Å². The number of nitrogens with one attached hydrogen (secondary N) is 2. The molecule has 1 aromatic heterocycles. The van der Waals surface area contributed by atoms with Gasteiger partial charge in [0.1, 0.15) is 0 Å². The molecule has 0 aliphatic carbocycles. The Kier molecular flexibility index (Phi) is 4.09. The van der Waals surface area contributed by atoms with Gasteiger partial charge in [0.2, 0.25) is 5.82 Å². The molecule has 0 spiro atoms. The second-order valence-corrected chi connectivity index (χ2v) is 5.75. The van der Waals surface area contributed by atoms with E-state index in [1.807, 2.05) is 6.07 Å². The highest BCUT2D eigenvalue weighted by atomic mass is 16.2. The van der Waals surface area contributed by atoms with Crippen LogP contribution in [0, 0.1) is 5.92 Å². The first-order chi connectivity index (χ1) is 10.7. The number of nitrogens with zero attached hydrogens (tertiary/aromatic N) is 2. The maximum Gasteiger partial charge on any atom is 0.341 e. The molecule has 2 N–H and O–H groups in total. The lowest BCUT2D eigenvalue weighted by Crippen LogP contribution is -2.43. The van der Waals surface area contributed by atoms with Crippen LogP contribution in [0.3, 0.4) is 0 Å². The molecule has 22 heavy (non-hydrogen) atoms. The van der Waals surface area contributed by atoms with Gasteiger partial charge in [-0.1, -0.05) is 43.7 Å². The van der Waals surface area contributed by atoms with E-state index >= 15 is 0 Å². The summed E-state index contributed by atoms with van der Waals surface area (Å²) in [4.78, 5) is 27.7. The minimum atomic E-state index is -0.449. The molecular weight excluding hydrogens is 280 g/mol. The van der Waals surface area contributed by atoms with Crippen molar-refractivity contribution in [3.8, 4) is 0 Å². The fourth-order valence-electron chi connectivity index (χ4n) is 3.29. The summed E-state index contributed by atoms with van der Waals surface area (Å²) in [5.74, 6) is 0.792. The van der Waals surface area contributed by atoms with Gasteiger partial charge in [0.15, 0.2) is 0 Å². The Morgan fingerprint density at radius 3 is 2.77 bits per heavy atom. The number of amides is 1. The lowest BCUT2D eigenvalue weighted by Gasteiger charge is -2.38. The zero-order valence-corrected chi connectivity index (χ0v) is 12.6. The van der Waals surface area contributed by atoms with Gasteiger partial charge < -0.3 is 4.90 Å². The molecule has 1 amide bonds. The molecule has 6 nitrogen and oxygen atoms in total. The van der Waals surface area contributed by atoms with E-state index in [2.05, 4.69) is 46.4 Å². The Labute approximate surface area is 128 Å². The number of benzene rings is 1. The second-order valence-electron chi connectivity index (χ2n) is 5.75. The van der Waals surface area contributed by atoms with Crippen LogP contribution in [-0.4, -0.2) is 39.1 Å². The fourth-order valence-corrected chi connectivity index (χ4v) is 3.29. The summed E-state index contributed by atoms with van der Waals surface area (Å²) in [6.07, 6.45) is 1.95. The van der Waals surface area contributed by atoms with Crippen molar-refractivity contribution in [2.24, 2.45) is 5.92 Å². The lowest BCUT2D eigenvalue weighted by molar-refractivity contribution is 0.0633. The highest BCUT2D eigenvalue weighted by molar-refractivity contribution is 5.90. The van der Waals surface area contributed by atoms with Crippen LogP contribution in [0.4, 0.5) is 0 Å². The van der Waals surface area contributed by atoms with Crippen LogP contribution in [0.5, 0.6) is 0 Å². The van der Waals surface area contributed by atoms with Gasteiger partial charge in [-0.25, -0.2) is 9.89 Å². The smallest absolute Gasteiger partial charge is 0.336 e. The number of piperidine rings is 1. The Bertz CT molecular complexity index is 691. The molecule has 2 aromatic rings. The van der Waals surface area contributed by atoms with Gasteiger partial charge in [-0.05, 0) is 23.8 Å². The van der Waals surface area contributed by atoms with E-state index < -0.39 is 5.69 Å². The molecule has 0 bridgehead atoms. The molecule has 2 atom stereocenters. The zero-order chi connectivity index (χ0) is 15.5. The van der Waals surface area contributed by atoms with Crippen LogP contribution >= 0.6 is 0 Å². The number of aromatic nitrogens is 3. The predicted molar refractivity (Wildman–Crippen MR) is 82.7 cm³/mol. The van der Waals surface area contributed by atoms with Crippen LogP contribution in [0.25, 0.3) is 0 Å². The maximum absolute atomic E-state index is 12.4. The molecule has 0 saturated carbocycles. The number of hydrogen-bond donors (Lipinski definition) is 2. The van der Waals surface area contributed by atoms with Crippen molar-refractivity contribution >= 4 is 5.91 Å². The first kappa shape index (κ1) is 14.6. The van der Waals surface area contributed by atoms with Crippen LogP contribution in [-0.2, 0) is 0 Å². The quantitative estimate of drug-likeness (QED) is 0.906. The van der Waals surface area contributed by atoms with Crippen LogP contribution in [0.1, 0.15) is 41.9 Å². The normalized spacial score (nSPS) is 21.8. The van der Waals surface area contributed by atoms with Crippen molar-refractivity contribution in [3.05, 3.63) is 52.2 Å². The number of carbonyl (C=O) groups excluding carboxylic acids is 1.